The van der Waals surface area contributed by atoms with Gasteiger partial charge >= 0.3 is 0 Å². The molecule has 0 saturated heterocycles. The fraction of sp³-hybridized carbons (Fsp3) is 0.625. The number of rotatable bonds is 1. The van der Waals surface area contributed by atoms with Crippen molar-refractivity contribution in [3.05, 3.63) is 35.4 Å². The second-order valence-corrected chi connectivity index (χ2v) is 6.80. The molecule has 0 aliphatic heterocycles. The third-order valence-electron chi connectivity index (χ3n) is 5.93. The van der Waals surface area contributed by atoms with Gasteiger partial charge in [0.25, 0.3) is 0 Å². The summed E-state index contributed by atoms with van der Waals surface area (Å²) in [6.07, 6.45) is 4.17. The molecule has 18 heavy (non-hydrogen) atoms. The number of hydrogen-bond donors (Lipinski definition) is 1. The molecule has 0 radical (unpaired) electrons. The molecule has 2 atom stereocenters. The van der Waals surface area contributed by atoms with Crippen LogP contribution < -0.4 is 0 Å². The van der Waals surface area contributed by atoms with Gasteiger partial charge in [-0.1, -0.05) is 24.3 Å². The summed E-state index contributed by atoms with van der Waals surface area (Å²) in [4.78, 5) is 2.30. The summed E-state index contributed by atoms with van der Waals surface area (Å²) in [5, 5.41) is 11.2. The van der Waals surface area contributed by atoms with Crippen LogP contribution in [0.25, 0.3) is 0 Å². The van der Waals surface area contributed by atoms with Crippen LogP contribution in [0.5, 0.6) is 0 Å². The predicted molar refractivity (Wildman–Crippen MR) is 71.8 cm³/mol. The molecule has 1 aromatic rings. The first-order valence-electron chi connectivity index (χ1n) is 7.04. The lowest BCUT2D eigenvalue weighted by molar-refractivity contribution is -0.0541. The Morgan fingerprint density at radius 1 is 1.00 bits per heavy atom. The molecule has 4 bridgehead atoms. The van der Waals surface area contributed by atoms with Crippen LogP contribution in [0.2, 0.25) is 0 Å². The molecule has 5 rings (SSSR count). The zero-order valence-corrected chi connectivity index (χ0v) is 11.2. The summed E-state index contributed by atoms with van der Waals surface area (Å²) >= 11 is 0. The van der Waals surface area contributed by atoms with Gasteiger partial charge in [-0.05, 0) is 62.7 Å². The van der Waals surface area contributed by atoms with Crippen molar-refractivity contribution in [2.45, 2.75) is 48.7 Å². The Labute approximate surface area is 109 Å². The van der Waals surface area contributed by atoms with E-state index in [0.717, 1.165) is 25.7 Å². The zero-order chi connectivity index (χ0) is 12.5. The minimum absolute atomic E-state index is 0.0152. The van der Waals surface area contributed by atoms with Crippen molar-refractivity contribution in [1.29, 1.82) is 0 Å². The van der Waals surface area contributed by atoms with E-state index in [4.69, 9.17) is 0 Å². The number of hydrogen-bond acceptors (Lipinski definition) is 2. The second-order valence-electron chi connectivity index (χ2n) is 6.80. The summed E-state index contributed by atoms with van der Waals surface area (Å²) in [5.74, 6) is 1.11. The molecule has 0 amide bonds. The maximum Gasteiger partial charge on any atom is 0.0842 e. The molecule has 4 aliphatic rings. The van der Waals surface area contributed by atoms with E-state index in [1.54, 1.807) is 0 Å². The van der Waals surface area contributed by atoms with Gasteiger partial charge < -0.3 is 10.0 Å². The van der Waals surface area contributed by atoms with E-state index in [1.807, 2.05) is 0 Å². The lowest BCUT2D eigenvalue weighted by Gasteiger charge is -2.42. The molecule has 1 N–H and O–H groups in total. The van der Waals surface area contributed by atoms with Crippen molar-refractivity contribution in [2.24, 2.45) is 0 Å². The van der Waals surface area contributed by atoms with Crippen LogP contribution in [-0.2, 0) is 0 Å². The van der Waals surface area contributed by atoms with Gasteiger partial charge in [0, 0.05) is 0 Å². The molecule has 1 aromatic carbocycles. The molecule has 2 unspecified atom stereocenters. The highest BCUT2D eigenvalue weighted by molar-refractivity contribution is 5.43. The van der Waals surface area contributed by atoms with Gasteiger partial charge in [0.1, 0.15) is 0 Å². The van der Waals surface area contributed by atoms with Gasteiger partial charge in [-0.25, -0.2) is 0 Å². The van der Waals surface area contributed by atoms with Crippen molar-refractivity contribution in [1.82, 2.24) is 4.90 Å². The van der Waals surface area contributed by atoms with Crippen molar-refractivity contribution >= 4 is 0 Å². The first-order chi connectivity index (χ1) is 8.56. The summed E-state index contributed by atoms with van der Waals surface area (Å²) in [7, 11) is 4.29. The fourth-order valence-corrected chi connectivity index (χ4v) is 5.18. The minimum Gasteiger partial charge on any atom is -0.388 e. The molecule has 96 valence electrons. The van der Waals surface area contributed by atoms with Crippen LogP contribution in [0, 0.1) is 0 Å². The zero-order valence-electron chi connectivity index (χ0n) is 11.2. The lowest BCUT2D eigenvalue weighted by atomic mass is 9.85. The molecular weight excluding hydrogens is 222 g/mol. The Kier molecular flexibility index (Phi) is 1.94. The van der Waals surface area contributed by atoms with E-state index in [-0.39, 0.29) is 5.54 Å². The smallest absolute Gasteiger partial charge is 0.0842 e. The average molecular weight is 243 g/mol. The van der Waals surface area contributed by atoms with E-state index in [1.165, 1.54) is 11.1 Å². The average Bonchev–Trinajstić information content (AvgIpc) is 2.66. The van der Waals surface area contributed by atoms with Crippen LogP contribution in [0.15, 0.2) is 24.3 Å². The summed E-state index contributed by atoms with van der Waals surface area (Å²) in [6.45, 7) is 0. The van der Waals surface area contributed by atoms with Crippen LogP contribution in [0.1, 0.15) is 48.6 Å². The van der Waals surface area contributed by atoms with Crippen molar-refractivity contribution in [2.75, 3.05) is 14.1 Å². The Morgan fingerprint density at radius 3 is 1.89 bits per heavy atom. The Bertz CT molecular complexity index is 473. The molecule has 2 nitrogen and oxygen atoms in total. The van der Waals surface area contributed by atoms with Gasteiger partial charge in [-0.3, -0.25) is 0 Å². The molecule has 0 aromatic heterocycles. The Balaban J connectivity index is 1.93. The summed E-state index contributed by atoms with van der Waals surface area (Å²) in [5.41, 5.74) is 2.57. The third-order valence-corrected chi connectivity index (χ3v) is 5.93. The molecule has 2 heteroatoms. The predicted octanol–water partition coefficient (Wildman–Crippen LogP) is 2.49. The largest absolute Gasteiger partial charge is 0.388 e. The highest BCUT2D eigenvalue weighted by Crippen LogP contribution is 2.65. The number of benzene rings is 1. The summed E-state index contributed by atoms with van der Waals surface area (Å²) in [6, 6.07) is 8.88. The van der Waals surface area contributed by atoms with Crippen LogP contribution in [0.4, 0.5) is 0 Å². The van der Waals surface area contributed by atoms with Crippen molar-refractivity contribution in [3.63, 3.8) is 0 Å². The maximum absolute atomic E-state index is 11.2. The van der Waals surface area contributed by atoms with Gasteiger partial charge in [-0.2, -0.15) is 0 Å². The fourth-order valence-electron chi connectivity index (χ4n) is 5.18. The molecular formula is C16H21NO. The van der Waals surface area contributed by atoms with E-state index in [0.29, 0.717) is 11.8 Å². The molecule has 4 aliphatic carbocycles. The SMILES string of the molecule is CN(C)C12CC3CC1(O)CC(C2)c1ccccc13. The van der Waals surface area contributed by atoms with Gasteiger partial charge in [0.15, 0.2) is 0 Å². The highest BCUT2D eigenvalue weighted by atomic mass is 16.3. The Morgan fingerprint density at radius 2 is 1.50 bits per heavy atom. The first kappa shape index (κ1) is 11.0. The van der Waals surface area contributed by atoms with Gasteiger partial charge in [0.05, 0.1) is 11.1 Å². The third kappa shape index (κ3) is 1.07. The minimum atomic E-state index is -0.467. The Hall–Kier alpha value is -0.860. The van der Waals surface area contributed by atoms with Crippen molar-refractivity contribution in [3.8, 4) is 0 Å². The summed E-state index contributed by atoms with van der Waals surface area (Å²) < 4.78 is 0. The highest BCUT2D eigenvalue weighted by Gasteiger charge is 2.66. The number of nitrogens with zero attached hydrogens (tertiary/aromatic N) is 1. The number of aliphatic hydroxyl groups is 1. The molecule has 2 saturated carbocycles. The van der Waals surface area contributed by atoms with Gasteiger partial charge in [-0.15, -0.1) is 0 Å². The lowest BCUT2D eigenvalue weighted by Crippen LogP contribution is -2.54. The topological polar surface area (TPSA) is 23.5 Å². The van der Waals surface area contributed by atoms with E-state index in [9.17, 15) is 5.11 Å². The molecule has 0 heterocycles. The maximum atomic E-state index is 11.2. The van der Waals surface area contributed by atoms with Crippen molar-refractivity contribution < 1.29 is 5.11 Å². The normalized spacial score (nSPS) is 44.4. The van der Waals surface area contributed by atoms with Crippen LogP contribution in [-0.4, -0.2) is 35.2 Å². The quantitative estimate of drug-likeness (QED) is 0.819. The second kappa shape index (κ2) is 3.17. The molecule has 0 spiro atoms. The van der Waals surface area contributed by atoms with Crippen LogP contribution in [0.3, 0.4) is 0 Å². The van der Waals surface area contributed by atoms with E-state index < -0.39 is 5.60 Å². The van der Waals surface area contributed by atoms with Gasteiger partial charge in [0.2, 0.25) is 0 Å². The van der Waals surface area contributed by atoms with E-state index >= 15 is 0 Å². The van der Waals surface area contributed by atoms with Crippen LogP contribution >= 0.6 is 0 Å². The monoisotopic (exact) mass is 243 g/mol. The molecule has 2 fully saturated rings. The van der Waals surface area contributed by atoms with E-state index in [2.05, 4.69) is 43.3 Å². The first-order valence-corrected chi connectivity index (χ1v) is 7.04. The standard InChI is InChI=1S/C16H21NO/c1-17(2)15-7-11-9-16(15,18)10-12(8-15)14-6-4-3-5-13(11)14/h3-6,11-12,18H,7-10H2,1-2H3. The number of likely N-dealkylation sites (N-methyl/N-ethyl adjacent to an activating group) is 1.